The van der Waals surface area contributed by atoms with E-state index in [2.05, 4.69) is 0 Å². The Morgan fingerprint density at radius 3 is 2.64 bits per heavy atom. The van der Waals surface area contributed by atoms with Crippen LogP contribution in [0.25, 0.3) is 0 Å². The zero-order chi connectivity index (χ0) is 10.7. The minimum Gasteiger partial charge on any atom is -0.481 e. The predicted molar refractivity (Wildman–Crippen MR) is 51.0 cm³/mol. The highest BCUT2D eigenvalue weighted by atomic mass is 16.5. The predicted octanol–water partition coefficient (Wildman–Crippen LogP) is 1.03. The molecular formula is C10H18O4. The quantitative estimate of drug-likeness (QED) is 0.714. The Hall–Kier alpha value is -0.610. The molecule has 1 aliphatic rings. The van der Waals surface area contributed by atoms with E-state index in [-0.39, 0.29) is 18.3 Å². The number of rotatable bonds is 4. The van der Waals surface area contributed by atoms with Gasteiger partial charge in [0.2, 0.25) is 0 Å². The van der Waals surface area contributed by atoms with Crippen LogP contribution < -0.4 is 0 Å². The number of hydrogen-bond donors (Lipinski definition) is 2. The first-order valence-electron chi connectivity index (χ1n) is 5.07. The summed E-state index contributed by atoms with van der Waals surface area (Å²) in [5, 5.41) is 17.9. The lowest BCUT2D eigenvalue weighted by Crippen LogP contribution is -2.26. The van der Waals surface area contributed by atoms with Crippen molar-refractivity contribution in [1.29, 1.82) is 0 Å². The van der Waals surface area contributed by atoms with E-state index in [9.17, 15) is 4.79 Å². The van der Waals surface area contributed by atoms with Crippen LogP contribution in [0.3, 0.4) is 0 Å². The van der Waals surface area contributed by atoms with Crippen molar-refractivity contribution in [1.82, 2.24) is 0 Å². The largest absolute Gasteiger partial charge is 0.481 e. The van der Waals surface area contributed by atoms with Crippen molar-refractivity contribution in [3.63, 3.8) is 0 Å². The molecule has 4 atom stereocenters. The Morgan fingerprint density at radius 1 is 1.50 bits per heavy atom. The van der Waals surface area contributed by atoms with E-state index in [1.54, 1.807) is 13.8 Å². The van der Waals surface area contributed by atoms with Crippen molar-refractivity contribution in [2.24, 2.45) is 5.92 Å². The fourth-order valence-electron chi connectivity index (χ4n) is 1.81. The van der Waals surface area contributed by atoms with E-state index in [0.717, 1.165) is 12.8 Å². The van der Waals surface area contributed by atoms with Crippen LogP contribution in [-0.4, -0.2) is 34.5 Å². The molecule has 0 aromatic heterocycles. The molecule has 0 unspecified atom stereocenters. The number of aliphatic hydroxyl groups is 1. The molecule has 0 amide bonds. The van der Waals surface area contributed by atoms with Crippen LogP contribution in [0.1, 0.15) is 33.1 Å². The smallest absolute Gasteiger partial charge is 0.308 e. The van der Waals surface area contributed by atoms with Gasteiger partial charge in [0, 0.05) is 0 Å². The zero-order valence-electron chi connectivity index (χ0n) is 8.64. The molecule has 82 valence electrons. The monoisotopic (exact) mass is 202 g/mol. The number of carbonyl (C=O) groups is 1. The molecule has 0 aliphatic carbocycles. The first-order chi connectivity index (χ1) is 6.50. The summed E-state index contributed by atoms with van der Waals surface area (Å²) in [7, 11) is 0. The highest BCUT2D eigenvalue weighted by molar-refractivity contribution is 5.70. The molecule has 1 aliphatic heterocycles. The second-order valence-corrected chi connectivity index (χ2v) is 4.09. The molecule has 4 nitrogen and oxygen atoms in total. The minimum absolute atomic E-state index is 0.0294. The third kappa shape index (κ3) is 2.96. The highest BCUT2D eigenvalue weighted by Gasteiger charge is 2.33. The van der Waals surface area contributed by atoms with Crippen molar-refractivity contribution < 1.29 is 19.7 Å². The molecule has 2 N–H and O–H groups in total. The molecule has 0 aromatic carbocycles. The Bertz CT molecular complexity index is 202. The van der Waals surface area contributed by atoms with Gasteiger partial charge in [0.25, 0.3) is 0 Å². The number of aliphatic hydroxyl groups excluding tert-OH is 1. The summed E-state index contributed by atoms with van der Waals surface area (Å²) in [6.45, 7) is 3.38. The summed E-state index contributed by atoms with van der Waals surface area (Å²) in [6, 6.07) is 0. The number of carboxylic acids is 1. The van der Waals surface area contributed by atoms with Crippen LogP contribution in [0.5, 0.6) is 0 Å². The third-order valence-electron chi connectivity index (χ3n) is 2.69. The molecule has 1 fully saturated rings. The van der Waals surface area contributed by atoms with Crippen LogP contribution in [0.2, 0.25) is 0 Å². The number of hydrogen-bond acceptors (Lipinski definition) is 3. The average molecular weight is 202 g/mol. The lowest BCUT2D eigenvalue weighted by Gasteiger charge is -2.17. The van der Waals surface area contributed by atoms with Crippen LogP contribution in [0.15, 0.2) is 0 Å². The van der Waals surface area contributed by atoms with Crippen molar-refractivity contribution in [2.75, 3.05) is 0 Å². The summed E-state index contributed by atoms with van der Waals surface area (Å²) in [6.07, 6.45) is 1.71. The number of ether oxygens (including phenoxy) is 1. The molecule has 0 aromatic rings. The summed E-state index contributed by atoms with van der Waals surface area (Å²) in [5.41, 5.74) is 0. The number of carboxylic acid groups (broad SMARTS) is 1. The van der Waals surface area contributed by atoms with Crippen molar-refractivity contribution >= 4 is 5.97 Å². The van der Waals surface area contributed by atoms with Gasteiger partial charge < -0.3 is 14.9 Å². The molecule has 1 saturated heterocycles. The third-order valence-corrected chi connectivity index (χ3v) is 2.69. The molecule has 1 rings (SSSR count). The summed E-state index contributed by atoms with van der Waals surface area (Å²) >= 11 is 0. The second kappa shape index (κ2) is 4.75. The highest BCUT2D eigenvalue weighted by Crippen LogP contribution is 2.27. The molecule has 0 radical (unpaired) electrons. The molecule has 14 heavy (non-hydrogen) atoms. The van der Waals surface area contributed by atoms with Crippen LogP contribution in [0.4, 0.5) is 0 Å². The van der Waals surface area contributed by atoms with Crippen LogP contribution >= 0.6 is 0 Å². The van der Waals surface area contributed by atoms with Crippen molar-refractivity contribution in [3.05, 3.63) is 0 Å². The van der Waals surface area contributed by atoms with Gasteiger partial charge in [0.1, 0.15) is 0 Å². The maximum absolute atomic E-state index is 10.7. The lowest BCUT2D eigenvalue weighted by atomic mass is 10.0. The van der Waals surface area contributed by atoms with Crippen molar-refractivity contribution in [2.45, 2.75) is 51.4 Å². The Morgan fingerprint density at radius 2 is 2.14 bits per heavy atom. The molecular weight excluding hydrogens is 184 g/mol. The van der Waals surface area contributed by atoms with E-state index in [1.165, 1.54) is 0 Å². The van der Waals surface area contributed by atoms with Gasteiger partial charge in [-0.05, 0) is 33.1 Å². The van der Waals surface area contributed by atoms with Gasteiger partial charge in [-0.1, -0.05) is 0 Å². The molecule has 1 heterocycles. The van der Waals surface area contributed by atoms with E-state index in [4.69, 9.17) is 14.9 Å². The van der Waals surface area contributed by atoms with Gasteiger partial charge in [0.15, 0.2) is 0 Å². The van der Waals surface area contributed by atoms with Gasteiger partial charge in [-0.2, -0.15) is 0 Å². The van der Waals surface area contributed by atoms with Gasteiger partial charge in [-0.15, -0.1) is 0 Å². The second-order valence-electron chi connectivity index (χ2n) is 4.09. The topological polar surface area (TPSA) is 66.8 Å². The molecule has 4 heteroatoms. The fraction of sp³-hybridized carbons (Fsp3) is 0.900. The summed E-state index contributed by atoms with van der Waals surface area (Å²) < 4.78 is 5.55. The van der Waals surface area contributed by atoms with Crippen LogP contribution in [0, 0.1) is 5.92 Å². The van der Waals surface area contributed by atoms with Crippen molar-refractivity contribution in [3.8, 4) is 0 Å². The maximum atomic E-state index is 10.7. The van der Waals surface area contributed by atoms with Gasteiger partial charge in [-0.25, -0.2) is 0 Å². The molecule has 0 bridgehead atoms. The van der Waals surface area contributed by atoms with Gasteiger partial charge >= 0.3 is 5.97 Å². The molecule has 0 spiro atoms. The fourth-order valence-corrected chi connectivity index (χ4v) is 1.81. The van der Waals surface area contributed by atoms with Gasteiger partial charge in [-0.3, -0.25) is 4.79 Å². The first kappa shape index (κ1) is 11.5. The first-order valence-corrected chi connectivity index (χ1v) is 5.07. The lowest BCUT2D eigenvalue weighted by molar-refractivity contribution is -0.146. The SMILES string of the molecule is C[C@H](O)C[C@@H]1CC[C@H]([C@@H](C)C(=O)O)O1. The standard InChI is InChI=1S/C10H18O4/c1-6(11)5-8-3-4-9(14-8)7(2)10(12)13/h6-9,11H,3-5H2,1-2H3,(H,12,13)/t6-,7+,8-,9+/m0/s1. The van der Waals surface area contributed by atoms with Crippen LogP contribution in [-0.2, 0) is 9.53 Å². The van der Waals surface area contributed by atoms with E-state index < -0.39 is 11.9 Å². The minimum atomic E-state index is -0.812. The Labute approximate surface area is 83.9 Å². The zero-order valence-corrected chi connectivity index (χ0v) is 8.64. The number of aliphatic carboxylic acids is 1. The van der Waals surface area contributed by atoms with Gasteiger partial charge in [0.05, 0.1) is 24.2 Å². The summed E-state index contributed by atoms with van der Waals surface area (Å²) in [4.78, 5) is 10.7. The summed E-state index contributed by atoms with van der Waals surface area (Å²) in [5.74, 6) is -1.26. The normalized spacial score (nSPS) is 31.4. The van der Waals surface area contributed by atoms with E-state index >= 15 is 0 Å². The van der Waals surface area contributed by atoms with E-state index in [0.29, 0.717) is 6.42 Å². The van der Waals surface area contributed by atoms with E-state index in [1.807, 2.05) is 0 Å². The molecule has 0 saturated carbocycles. The Kier molecular flexibility index (Phi) is 3.89. The average Bonchev–Trinajstić information content (AvgIpc) is 2.50. The Balaban J connectivity index is 2.37. The maximum Gasteiger partial charge on any atom is 0.308 e.